The van der Waals surface area contributed by atoms with E-state index in [9.17, 15) is 0 Å². The highest BCUT2D eigenvalue weighted by Gasteiger charge is 2.10. The van der Waals surface area contributed by atoms with Gasteiger partial charge in [-0.25, -0.2) is 9.97 Å². The highest BCUT2D eigenvalue weighted by atomic mass is 14.8. The summed E-state index contributed by atoms with van der Waals surface area (Å²) in [7, 11) is 0. The predicted molar refractivity (Wildman–Crippen MR) is 129 cm³/mol. The molecule has 148 valence electrons. The third-order valence-corrected chi connectivity index (χ3v) is 5.22. The van der Waals surface area contributed by atoms with Crippen molar-refractivity contribution < 1.29 is 0 Å². The lowest BCUT2D eigenvalue weighted by atomic mass is 9.99. The molecule has 0 saturated heterocycles. The first kappa shape index (κ1) is 19.8. The highest BCUT2D eigenvalue weighted by molar-refractivity contribution is 5.87. The Morgan fingerprint density at radius 3 is 1.83 bits per heavy atom. The van der Waals surface area contributed by atoms with Crippen molar-refractivity contribution in [3.8, 4) is 22.4 Å². The fraction of sp³-hybridized carbons (Fsp3) is 0.143. The Kier molecular flexibility index (Phi) is 5.85. The molecule has 5 rings (SSSR count). The maximum atomic E-state index is 4.90. The predicted octanol–water partition coefficient (Wildman–Crippen LogP) is 7.71. The van der Waals surface area contributed by atoms with E-state index in [2.05, 4.69) is 73.7 Å². The van der Waals surface area contributed by atoms with Crippen molar-refractivity contribution in [2.24, 2.45) is 0 Å². The summed E-state index contributed by atoms with van der Waals surface area (Å²) in [6.45, 7) is 6.13. The minimum absolute atomic E-state index is 0.861. The van der Waals surface area contributed by atoms with E-state index in [0.717, 1.165) is 34.4 Å². The third-order valence-electron chi connectivity index (χ3n) is 5.22. The summed E-state index contributed by atoms with van der Waals surface area (Å²) < 4.78 is 0. The van der Waals surface area contributed by atoms with Crippen LogP contribution in [0.3, 0.4) is 0 Å². The number of para-hydroxylation sites is 2. The zero-order valence-electron chi connectivity index (χ0n) is 17.8. The number of aromatic nitrogens is 2. The summed E-state index contributed by atoms with van der Waals surface area (Å²) in [5.74, 6) is 0. The molecule has 5 aromatic rings. The largest absolute Gasteiger partial charge is 0.249 e. The topological polar surface area (TPSA) is 25.8 Å². The molecule has 0 atom stereocenters. The normalized spacial score (nSPS) is 10.6. The van der Waals surface area contributed by atoms with Crippen LogP contribution in [0.4, 0.5) is 0 Å². The van der Waals surface area contributed by atoms with Crippen molar-refractivity contribution in [2.75, 3.05) is 0 Å². The maximum absolute atomic E-state index is 4.90. The van der Waals surface area contributed by atoms with Gasteiger partial charge in [0.15, 0.2) is 0 Å². The third kappa shape index (κ3) is 3.81. The Labute approximate surface area is 178 Å². The quantitative estimate of drug-likeness (QED) is 0.315. The first-order valence-electron chi connectivity index (χ1n) is 10.7. The number of nitrogens with zero attached hydrogens (tertiary/aromatic N) is 2. The lowest BCUT2D eigenvalue weighted by molar-refractivity contribution is 1.04. The standard InChI is InChI=1S/C26H20N2.C2H6/c1-2-23-26(28-25-10-6-5-9-24(25)27-23)20-14-11-19(12-15-20)22-16-13-18-7-3-4-8-21(18)17-22;1-2/h3-17H,2H2,1H3;1-2H3. The molecular weight excluding hydrogens is 364 g/mol. The second-order valence-corrected chi connectivity index (χ2v) is 7.00. The van der Waals surface area contributed by atoms with Crippen LogP contribution in [0.1, 0.15) is 26.5 Å². The van der Waals surface area contributed by atoms with Gasteiger partial charge in [0, 0.05) is 5.56 Å². The van der Waals surface area contributed by atoms with Crippen LogP contribution in [0.25, 0.3) is 44.2 Å². The van der Waals surface area contributed by atoms with E-state index in [-0.39, 0.29) is 0 Å². The van der Waals surface area contributed by atoms with Gasteiger partial charge in [0.25, 0.3) is 0 Å². The van der Waals surface area contributed by atoms with Crippen LogP contribution in [-0.4, -0.2) is 9.97 Å². The van der Waals surface area contributed by atoms with E-state index in [1.54, 1.807) is 0 Å². The lowest BCUT2D eigenvalue weighted by Crippen LogP contribution is -1.97. The fourth-order valence-electron chi connectivity index (χ4n) is 3.70. The molecular formula is C28H26N2. The maximum Gasteiger partial charge on any atom is 0.0925 e. The van der Waals surface area contributed by atoms with Gasteiger partial charge < -0.3 is 0 Å². The van der Waals surface area contributed by atoms with E-state index < -0.39 is 0 Å². The molecule has 0 spiro atoms. The van der Waals surface area contributed by atoms with Gasteiger partial charge >= 0.3 is 0 Å². The molecule has 1 aromatic heterocycles. The van der Waals surface area contributed by atoms with Crippen molar-refractivity contribution in [3.63, 3.8) is 0 Å². The second kappa shape index (κ2) is 8.87. The Morgan fingerprint density at radius 1 is 0.567 bits per heavy atom. The molecule has 0 fully saturated rings. The van der Waals surface area contributed by atoms with Gasteiger partial charge in [-0.05, 0) is 46.5 Å². The van der Waals surface area contributed by atoms with Crippen LogP contribution < -0.4 is 0 Å². The van der Waals surface area contributed by atoms with Crippen LogP contribution in [0.15, 0.2) is 91.0 Å². The molecule has 0 saturated carbocycles. The lowest BCUT2D eigenvalue weighted by Gasteiger charge is -2.10. The number of hydrogen-bond acceptors (Lipinski definition) is 2. The van der Waals surface area contributed by atoms with Gasteiger partial charge in [-0.2, -0.15) is 0 Å². The minimum atomic E-state index is 0.861. The van der Waals surface area contributed by atoms with Gasteiger partial charge in [0.2, 0.25) is 0 Å². The summed E-state index contributed by atoms with van der Waals surface area (Å²) in [4.78, 5) is 9.72. The Morgan fingerprint density at radius 2 is 1.13 bits per heavy atom. The summed E-state index contributed by atoms with van der Waals surface area (Å²) in [5.41, 5.74) is 7.46. The Balaban J connectivity index is 0.00000106. The smallest absolute Gasteiger partial charge is 0.0925 e. The van der Waals surface area contributed by atoms with Crippen LogP contribution >= 0.6 is 0 Å². The zero-order chi connectivity index (χ0) is 20.9. The number of hydrogen-bond donors (Lipinski definition) is 0. The Hall–Kier alpha value is -3.52. The summed E-state index contributed by atoms with van der Waals surface area (Å²) >= 11 is 0. The van der Waals surface area contributed by atoms with Crippen LogP contribution in [0.5, 0.6) is 0 Å². The van der Waals surface area contributed by atoms with Crippen molar-refractivity contribution in [1.29, 1.82) is 0 Å². The fourth-order valence-corrected chi connectivity index (χ4v) is 3.70. The van der Waals surface area contributed by atoms with E-state index in [0.29, 0.717) is 0 Å². The van der Waals surface area contributed by atoms with Crippen molar-refractivity contribution >= 4 is 21.8 Å². The monoisotopic (exact) mass is 390 g/mol. The average molecular weight is 391 g/mol. The number of benzene rings is 4. The molecule has 0 amide bonds. The summed E-state index contributed by atoms with van der Waals surface area (Å²) in [6, 6.07) is 31.8. The van der Waals surface area contributed by atoms with Gasteiger partial charge in [-0.1, -0.05) is 93.6 Å². The van der Waals surface area contributed by atoms with E-state index in [1.165, 1.54) is 21.9 Å². The second-order valence-electron chi connectivity index (χ2n) is 7.00. The van der Waals surface area contributed by atoms with Crippen molar-refractivity contribution in [2.45, 2.75) is 27.2 Å². The molecule has 0 unspecified atom stereocenters. The Bertz CT molecular complexity index is 1290. The van der Waals surface area contributed by atoms with Crippen LogP contribution in [0.2, 0.25) is 0 Å². The highest BCUT2D eigenvalue weighted by Crippen LogP contribution is 2.29. The first-order valence-corrected chi connectivity index (χ1v) is 10.7. The molecule has 0 aliphatic rings. The number of fused-ring (bicyclic) bond motifs is 2. The molecule has 0 aliphatic carbocycles. The molecule has 4 aromatic carbocycles. The van der Waals surface area contributed by atoms with E-state index in [1.807, 2.05) is 38.1 Å². The zero-order valence-corrected chi connectivity index (χ0v) is 17.8. The van der Waals surface area contributed by atoms with Crippen LogP contribution in [0, 0.1) is 0 Å². The van der Waals surface area contributed by atoms with E-state index >= 15 is 0 Å². The average Bonchev–Trinajstić information content (AvgIpc) is 2.84. The molecule has 2 heteroatoms. The number of aryl methyl sites for hydroxylation is 1. The van der Waals surface area contributed by atoms with Gasteiger partial charge in [-0.3, -0.25) is 0 Å². The number of rotatable bonds is 3. The molecule has 30 heavy (non-hydrogen) atoms. The molecule has 2 nitrogen and oxygen atoms in total. The SMILES string of the molecule is CC.CCc1nc2ccccc2nc1-c1ccc(-c2ccc3ccccc3c2)cc1. The van der Waals surface area contributed by atoms with Crippen molar-refractivity contribution in [3.05, 3.63) is 96.7 Å². The molecule has 0 radical (unpaired) electrons. The summed E-state index contributed by atoms with van der Waals surface area (Å²) in [5, 5.41) is 2.53. The molecule has 0 N–H and O–H groups in total. The molecule has 0 bridgehead atoms. The van der Waals surface area contributed by atoms with Crippen molar-refractivity contribution in [1.82, 2.24) is 9.97 Å². The van der Waals surface area contributed by atoms with E-state index in [4.69, 9.17) is 9.97 Å². The summed E-state index contributed by atoms with van der Waals surface area (Å²) in [6.07, 6.45) is 0.861. The molecule has 0 aliphatic heterocycles. The van der Waals surface area contributed by atoms with Gasteiger partial charge in [-0.15, -0.1) is 0 Å². The molecule has 1 heterocycles. The van der Waals surface area contributed by atoms with Gasteiger partial charge in [0.05, 0.1) is 22.4 Å². The van der Waals surface area contributed by atoms with Crippen LogP contribution in [-0.2, 0) is 6.42 Å². The first-order chi connectivity index (χ1) is 14.8. The van der Waals surface area contributed by atoms with Gasteiger partial charge in [0.1, 0.15) is 0 Å². The minimum Gasteiger partial charge on any atom is -0.249 e.